The summed E-state index contributed by atoms with van der Waals surface area (Å²) in [7, 11) is 0. The first-order chi connectivity index (χ1) is 16.6. The normalized spacial score (nSPS) is 18.3. The van der Waals surface area contributed by atoms with Crippen LogP contribution in [-0.2, 0) is 9.53 Å². The number of hydrogen-bond donors (Lipinski definition) is 4. The van der Waals surface area contributed by atoms with Gasteiger partial charge >= 0.3 is 5.97 Å². The molecule has 1 aromatic carbocycles. The number of carboxylic acid groups (broad SMARTS) is 1. The lowest BCUT2D eigenvalue weighted by Gasteiger charge is -2.28. The molecule has 0 radical (unpaired) electrons. The molecular formula is C27H36N2O6. The van der Waals surface area contributed by atoms with E-state index in [2.05, 4.69) is 16.9 Å². The Kier molecular flexibility index (Phi) is 11.1. The Bertz CT molecular complexity index is 974. The summed E-state index contributed by atoms with van der Waals surface area (Å²) >= 11 is 0. The van der Waals surface area contributed by atoms with Gasteiger partial charge in [0.25, 0.3) is 0 Å². The topological polar surface area (TPSA) is 121 Å². The highest BCUT2D eigenvalue weighted by Crippen LogP contribution is 2.35. The first-order valence-corrected chi connectivity index (χ1v) is 11.5. The van der Waals surface area contributed by atoms with E-state index in [9.17, 15) is 15.0 Å². The number of nitrogens with zero attached hydrogens (tertiary/aromatic N) is 1. The number of ether oxygens (including phenoxy) is 2. The van der Waals surface area contributed by atoms with Crippen LogP contribution in [0.3, 0.4) is 0 Å². The minimum Gasteiger partial charge on any atom is -0.482 e. The fourth-order valence-corrected chi connectivity index (χ4v) is 3.57. The monoisotopic (exact) mass is 484 g/mol. The van der Waals surface area contributed by atoms with Gasteiger partial charge in [-0.25, -0.2) is 4.79 Å². The molecule has 0 amide bonds. The highest BCUT2D eigenvalue weighted by atomic mass is 16.6. The molecule has 0 saturated carbocycles. The van der Waals surface area contributed by atoms with Crippen LogP contribution in [0.2, 0.25) is 0 Å². The molecule has 2 rings (SSSR count). The van der Waals surface area contributed by atoms with Gasteiger partial charge in [-0.05, 0) is 68.5 Å². The van der Waals surface area contributed by atoms with Crippen molar-refractivity contribution in [3.8, 4) is 5.75 Å². The minimum atomic E-state index is -1.15. The predicted octanol–water partition coefficient (Wildman–Crippen LogP) is 3.68. The third-order valence-corrected chi connectivity index (χ3v) is 5.13. The van der Waals surface area contributed by atoms with Gasteiger partial charge in [-0.15, -0.1) is 0 Å². The van der Waals surface area contributed by atoms with E-state index in [1.54, 1.807) is 30.5 Å². The summed E-state index contributed by atoms with van der Waals surface area (Å²) in [5, 5.41) is 32.9. The zero-order valence-electron chi connectivity index (χ0n) is 20.6. The van der Waals surface area contributed by atoms with Gasteiger partial charge < -0.3 is 24.8 Å². The van der Waals surface area contributed by atoms with Crippen LogP contribution in [0.15, 0.2) is 71.9 Å². The molecule has 0 aromatic heterocycles. The van der Waals surface area contributed by atoms with Crippen molar-refractivity contribution < 1.29 is 29.6 Å². The number of aliphatic hydroxyl groups excluding tert-OH is 2. The van der Waals surface area contributed by atoms with E-state index in [0.29, 0.717) is 25.1 Å². The highest BCUT2D eigenvalue weighted by Gasteiger charge is 2.24. The number of aliphatic hydroxyl groups is 2. The molecule has 0 spiro atoms. The molecule has 8 heteroatoms. The van der Waals surface area contributed by atoms with Gasteiger partial charge in [0.05, 0.1) is 11.7 Å². The number of aliphatic imine (C=N–C) groups is 1. The first-order valence-electron chi connectivity index (χ1n) is 11.5. The van der Waals surface area contributed by atoms with Gasteiger partial charge in [0, 0.05) is 24.9 Å². The van der Waals surface area contributed by atoms with Crippen molar-refractivity contribution in [2.24, 2.45) is 10.9 Å². The van der Waals surface area contributed by atoms with Crippen LogP contribution in [0.1, 0.15) is 39.2 Å². The molecule has 3 unspecified atom stereocenters. The van der Waals surface area contributed by atoms with Crippen molar-refractivity contribution in [1.29, 1.82) is 0 Å². The molecule has 8 nitrogen and oxygen atoms in total. The van der Waals surface area contributed by atoms with Crippen molar-refractivity contribution in [1.82, 2.24) is 5.32 Å². The molecule has 190 valence electrons. The van der Waals surface area contributed by atoms with Crippen LogP contribution < -0.4 is 10.1 Å². The van der Waals surface area contributed by atoms with E-state index < -0.39 is 30.7 Å². The number of carbonyl (C=O) groups is 1. The van der Waals surface area contributed by atoms with E-state index in [1.807, 2.05) is 45.1 Å². The van der Waals surface area contributed by atoms with Crippen molar-refractivity contribution in [3.05, 3.63) is 72.5 Å². The van der Waals surface area contributed by atoms with Gasteiger partial charge in [0.2, 0.25) is 6.41 Å². The van der Waals surface area contributed by atoms with Gasteiger partial charge in [0.1, 0.15) is 5.75 Å². The molecule has 1 aromatic rings. The number of carboxylic acids is 1. The second kappa shape index (κ2) is 13.7. The number of hydrogen-bond acceptors (Lipinski definition) is 7. The molecule has 0 fully saturated rings. The Morgan fingerprint density at radius 1 is 1.34 bits per heavy atom. The second-order valence-corrected chi connectivity index (χ2v) is 9.12. The number of rotatable bonds is 13. The maximum Gasteiger partial charge on any atom is 0.341 e. The van der Waals surface area contributed by atoms with Gasteiger partial charge in [-0.1, -0.05) is 36.9 Å². The van der Waals surface area contributed by atoms with Crippen molar-refractivity contribution in [3.63, 3.8) is 0 Å². The Hall–Kier alpha value is -3.04. The van der Waals surface area contributed by atoms with Gasteiger partial charge in [0.15, 0.2) is 6.61 Å². The van der Waals surface area contributed by atoms with Gasteiger partial charge in [-0.3, -0.25) is 10.3 Å². The van der Waals surface area contributed by atoms with E-state index >= 15 is 0 Å². The molecule has 1 aliphatic rings. The molecule has 0 heterocycles. The molecule has 0 saturated heterocycles. The van der Waals surface area contributed by atoms with Crippen molar-refractivity contribution >= 4 is 17.8 Å². The lowest BCUT2D eigenvalue weighted by Crippen LogP contribution is -2.39. The fraction of sp³-hybridized carbons (Fsp3) is 0.407. The second-order valence-electron chi connectivity index (χ2n) is 9.12. The van der Waals surface area contributed by atoms with Crippen LogP contribution >= 0.6 is 0 Å². The maximum atomic E-state index is 10.9. The van der Waals surface area contributed by atoms with Crippen LogP contribution in [-0.4, -0.2) is 58.8 Å². The lowest BCUT2D eigenvalue weighted by atomic mass is 9.82. The minimum absolute atomic E-state index is 0.130. The smallest absolute Gasteiger partial charge is 0.341 e. The van der Waals surface area contributed by atoms with Crippen LogP contribution in [0, 0.1) is 5.92 Å². The number of aliphatic carboxylic acids is 1. The summed E-state index contributed by atoms with van der Waals surface area (Å²) in [5.41, 5.74) is 2.23. The third kappa shape index (κ3) is 10.4. The van der Waals surface area contributed by atoms with E-state index in [4.69, 9.17) is 14.6 Å². The Balaban J connectivity index is 2.23. The number of allylic oxidation sites excluding steroid dienone is 2. The van der Waals surface area contributed by atoms with Crippen LogP contribution in [0.25, 0.3) is 5.57 Å². The summed E-state index contributed by atoms with van der Waals surface area (Å²) in [6, 6.07) is 7.20. The summed E-state index contributed by atoms with van der Waals surface area (Å²) in [6.45, 7) is 8.99. The Morgan fingerprint density at radius 3 is 2.80 bits per heavy atom. The van der Waals surface area contributed by atoms with E-state index in [-0.39, 0.29) is 5.92 Å². The van der Waals surface area contributed by atoms with Crippen molar-refractivity contribution in [2.45, 2.75) is 51.7 Å². The highest BCUT2D eigenvalue weighted by molar-refractivity contribution is 5.74. The number of nitrogens with one attached hydrogen (secondary N) is 1. The first kappa shape index (κ1) is 28.2. The zero-order valence-corrected chi connectivity index (χ0v) is 20.6. The lowest BCUT2D eigenvalue weighted by molar-refractivity contribution is -0.180. The van der Waals surface area contributed by atoms with Crippen molar-refractivity contribution in [2.75, 3.05) is 13.2 Å². The largest absolute Gasteiger partial charge is 0.482 e. The van der Waals surface area contributed by atoms with E-state index in [0.717, 1.165) is 16.7 Å². The van der Waals surface area contributed by atoms with Gasteiger partial charge in [-0.2, -0.15) is 0 Å². The predicted molar refractivity (Wildman–Crippen MR) is 137 cm³/mol. The molecule has 35 heavy (non-hydrogen) atoms. The molecular weight excluding hydrogens is 448 g/mol. The summed E-state index contributed by atoms with van der Waals surface area (Å²) in [4.78, 5) is 14.8. The van der Waals surface area contributed by atoms with Crippen LogP contribution in [0.4, 0.5) is 0 Å². The molecule has 1 aliphatic carbocycles. The van der Waals surface area contributed by atoms with E-state index in [1.165, 1.54) is 6.20 Å². The SMILES string of the molecule is C=CN=C/C=C/CC(O)C1C=CC(CNC(O)OC(C)(C)C)=C(c2cccc(OCC(=O)O)c2)C1. The summed E-state index contributed by atoms with van der Waals surface area (Å²) in [5.74, 6) is -0.742. The molecule has 0 bridgehead atoms. The average Bonchev–Trinajstić information content (AvgIpc) is 2.80. The zero-order chi connectivity index (χ0) is 25.8. The molecule has 4 N–H and O–H groups in total. The Morgan fingerprint density at radius 2 is 2.11 bits per heavy atom. The average molecular weight is 485 g/mol. The maximum absolute atomic E-state index is 10.9. The third-order valence-electron chi connectivity index (χ3n) is 5.13. The Labute approximate surface area is 207 Å². The summed E-state index contributed by atoms with van der Waals surface area (Å²) < 4.78 is 10.9. The quantitative estimate of drug-likeness (QED) is 0.249. The fourth-order valence-electron chi connectivity index (χ4n) is 3.57. The molecule has 3 atom stereocenters. The summed E-state index contributed by atoms with van der Waals surface area (Å²) in [6.07, 6.45) is 9.85. The molecule has 0 aliphatic heterocycles. The number of benzene rings is 1. The van der Waals surface area contributed by atoms with Crippen LogP contribution in [0.5, 0.6) is 5.75 Å². The standard InChI is InChI=1S/C27H36N2O6/c1-5-28-14-7-6-11-24(30)20-12-13-21(17-29-26(33)35-27(2,3)4)23(16-20)19-9-8-10-22(15-19)34-18-25(31)32/h5-10,12-15,20,24,26,29-30,33H,1,11,16-18H2,2-4H3,(H,31,32)/b7-6+,28-14?.